The summed E-state index contributed by atoms with van der Waals surface area (Å²) in [4.78, 5) is 10.3. The van der Waals surface area contributed by atoms with E-state index in [1.807, 2.05) is 48.5 Å². The van der Waals surface area contributed by atoms with Gasteiger partial charge in [-0.25, -0.2) is 9.97 Å². The molecule has 0 aliphatic rings. The summed E-state index contributed by atoms with van der Waals surface area (Å²) >= 11 is 0. The number of aromatic nitrogens is 2. The maximum absolute atomic E-state index is 6.70. The Hall–Kier alpha value is -8.34. The summed E-state index contributed by atoms with van der Waals surface area (Å²) in [5.41, 5.74) is 17.3. The number of para-hydroxylation sites is 2. The van der Waals surface area contributed by atoms with Crippen LogP contribution in [0, 0.1) is 0 Å². The molecule has 12 rings (SSSR count). The van der Waals surface area contributed by atoms with Crippen LogP contribution in [-0.4, -0.2) is 9.97 Å². The van der Waals surface area contributed by atoms with Gasteiger partial charge in [-0.2, -0.15) is 0 Å². The summed E-state index contributed by atoms with van der Waals surface area (Å²) in [7, 11) is 0. The van der Waals surface area contributed by atoms with Crippen molar-refractivity contribution in [1.82, 2.24) is 9.97 Å². The van der Waals surface area contributed by atoms with Gasteiger partial charge in [-0.15, -0.1) is 0 Å². The number of benzene rings is 9. The number of hydrogen-bond acceptors (Lipinski definition) is 4. The lowest BCUT2D eigenvalue weighted by molar-refractivity contribution is 0.668. The van der Waals surface area contributed by atoms with Crippen molar-refractivity contribution in [3.8, 4) is 78.4 Å². The quantitative estimate of drug-likeness (QED) is 0.161. The second-order valence-corrected chi connectivity index (χ2v) is 15.7. The first-order chi connectivity index (χ1) is 30.7. The molecule has 12 aromatic rings. The molecule has 0 saturated heterocycles. The molecule has 0 fully saturated rings. The largest absolute Gasteiger partial charge is 0.456 e. The third-order valence-corrected chi connectivity index (χ3v) is 12.0. The molecule has 0 N–H and O–H groups in total. The minimum atomic E-state index is 0.681. The predicted octanol–water partition coefficient (Wildman–Crippen LogP) is 15.9. The summed E-state index contributed by atoms with van der Waals surface area (Å²) in [5.74, 6) is 0.681. The first-order valence-corrected chi connectivity index (χ1v) is 20.9. The third-order valence-electron chi connectivity index (χ3n) is 12.0. The zero-order valence-corrected chi connectivity index (χ0v) is 33.5. The molecule has 9 aromatic carbocycles. The minimum absolute atomic E-state index is 0.681. The van der Waals surface area contributed by atoms with Crippen molar-refractivity contribution in [1.29, 1.82) is 0 Å². The topological polar surface area (TPSA) is 52.1 Å². The molecule has 0 unspecified atom stereocenters. The van der Waals surface area contributed by atoms with Crippen LogP contribution in [0.4, 0.5) is 0 Å². The van der Waals surface area contributed by atoms with E-state index >= 15 is 0 Å². The Labute approximate surface area is 358 Å². The molecule has 0 spiro atoms. The van der Waals surface area contributed by atoms with E-state index < -0.39 is 0 Å². The first-order valence-electron chi connectivity index (χ1n) is 20.9. The van der Waals surface area contributed by atoms with Crippen molar-refractivity contribution in [2.75, 3.05) is 0 Å². The summed E-state index contributed by atoms with van der Waals surface area (Å²) in [6.07, 6.45) is 0. The molecule has 0 radical (unpaired) electrons. The number of rotatable bonds is 7. The van der Waals surface area contributed by atoms with Gasteiger partial charge >= 0.3 is 0 Å². The predicted molar refractivity (Wildman–Crippen MR) is 255 cm³/mol. The average molecular weight is 793 g/mol. The highest BCUT2D eigenvalue weighted by Gasteiger charge is 2.19. The zero-order valence-electron chi connectivity index (χ0n) is 33.5. The fourth-order valence-electron chi connectivity index (χ4n) is 8.79. The van der Waals surface area contributed by atoms with Crippen LogP contribution in [0.25, 0.3) is 122 Å². The van der Waals surface area contributed by atoms with Crippen molar-refractivity contribution in [3.05, 3.63) is 218 Å². The van der Waals surface area contributed by atoms with E-state index in [0.29, 0.717) is 5.82 Å². The van der Waals surface area contributed by atoms with E-state index in [1.165, 1.54) is 11.1 Å². The molecule has 4 nitrogen and oxygen atoms in total. The molecule has 0 atom stereocenters. The van der Waals surface area contributed by atoms with Gasteiger partial charge in [-0.05, 0) is 75.3 Å². The summed E-state index contributed by atoms with van der Waals surface area (Å²) in [6, 6.07) is 76.2. The number of furan rings is 2. The number of nitrogens with zero attached hydrogens (tertiary/aromatic N) is 2. The molecular weight excluding hydrogens is 757 g/mol. The van der Waals surface area contributed by atoms with Gasteiger partial charge in [0.2, 0.25) is 0 Å². The van der Waals surface area contributed by atoms with E-state index in [9.17, 15) is 0 Å². The molecular formula is C58H36N2O2. The van der Waals surface area contributed by atoms with E-state index in [4.69, 9.17) is 18.8 Å². The van der Waals surface area contributed by atoms with Crippen molar-refractivity contribution >= 4 is 43.9 Å². The molecule has 0 aliphatic heterocycles. The fraction of sp³-hybridized carbons (Fsp3) is 0. The molecule has 0 saturated carbocycles. The smallest absolute Gasteiger partial charge is 0.160 e. The SMILES string of the molecule is c1ccc(-c2ccc(-c3ccc(-c4nc(-c5ccccc5)cc(-c5ccc(-c6ccc(-c7ccc8oc9ccccc9c8c7)c7oc8ccccc8c67)cc5)n4)cc3)cc2)cc1. The van der Waals surface area contributed by atoms with Crippen molar-refractivity contribution < 1.29 is 8.83 Å². The Kier molecular flexibility index (Phi) is 8.46. The number of fused-ring (bicyclic) bond motifs is 6. The Morgan fingerprint density at radius 2 is 0.726 bits per heavy atom. The Morgan fingerprint density at radius 3 is 1.39 bits per heavy atom. The lowest BCUT2D eigenvalue weighted by Crippen LogP contribution is -1.96. The van der Waals surface area contributed by atoms with Gasteiger partial charge in [0.05, 0.1) is 11.4 Å². The highest BCUT2D eigenvalue weighted by atomic mass is 16.3. The molecule has 0 aliphatic carbocycles. The van der Waals surface area contributed by atoms with Crippen molar-refractivity contribution in [2.45, 2.75) is 0 Å². The molecule has 3 heterocycles. The summed E-state index contributed by atoms with van der Waals surface area (Å²) in [5, 5.41) is 4.37. The van der Waals surface area contributed by atoms with Crippen LogP contribution in [0.1, 0.15) is 0 Å². The van der Waals surface area contributed by atoms with Crippen LogP contribution >= 0.6 is 0 Å². The van der Waals surface area contributed by atoms with Gasteiger partial charge in [0.25, 0.3) is 0 Å². The Morgan fingerprint density at radius 1 is 0.274 bits per heavy atom. The fourth-order valence-corrected chi connectivity index (χ4v) is 8.79. The van der Waals surface area contributed by atoms with Gasteiger partial charge in [-0.3, -0.25) is 0 Å². The van der Waals surface area contributed by atoms with Crippen molar-refractivity contribution in [2.24, 2.45) is 0 Å². The molecule has 290 valence electrons. The molecule has 0 bridgehead atoms. The van der Waals surface area contributed by atoms with E-state index in [-0.39, 0.29) is 0 Å². The normalized spacial score (nSPS) is 11.5. The lowest BCUT2D eigenvalue weighted by Gasteiger charge is -2.12. The highest BCUT2D eigenvalue weighted by Crippen LogP contribution is 2.43. The maximum atomic E-state index is 6.70. The molecule has 4 heteroatoms. The second-order valence-electron chi connectivity index (χ2n) is 15.7. The monoisotopic (exact) mass is 792 g/mol. The number of hydrogen-bond donors (Lipinski definition) is 0. The first kappa shape index (κ1) is 35.6. The lowest BCUT2D eigenvalue weighted by atomic mass is 9.93. The van der Waals surface area contributed by atoms with E-state index in [2.05, 4.69) is 170 Å². The second kappa shape index (κ2) is 14.7. The van der Waals surface area contributed by atoms with Gasteiger partial charge in [0, 0.05) is 43.8 Å². The molecule has 3 aromatic heterocycles. The summed E-state index contributed by atoms with van der Waals surface area (Å²) in [6.45, 7) is 0. The van der Waals surface area contributed by atoms with Crippen molar-refractivity contribution in [3.63, 3.8) is 0 Å². The van der Waals surface area contributed by atoms with Crippen LogP contribution < -0.4 is 0 Å². The van der Waals surface area contributed by atoms with Gasteiger partial charge < -0.3 is 8.83 Å². The minimum Gasteiger partial charge on any atom is -0.456 e. The van der Waals surface area contributed by atoms with Crippen LogP contribution in [0.15, 0.2) is 227 Å². The zero-order chi connectivity index (χ0) is 41.0. The van der Waals surface area contributed by atoms with Crippen LogP contribution in [0.5, 0.6) is 0 Å². The Bertz CT molecular complexity index is 3590. The van der Waals surface area contributed by atoms with E-state index in [0.717, 1.165) is 105 Å². The highest BCUT2D eigenvalue weighted by molar-refractivity contribution is 6.17. The standard InChI is InChI=1S/C58H36N2O2/c1-3-11-37(12-4-1)38-19-21-39(22-20-38)40-23-29-44(30-24-40)58-59-51(42-13-5-2-6-14-42)36-52(60-58)43-27-25-41(26-28-43)46-32-33-47(57-56(46)49-16-8-10-18-54(49)62-57)45-31-34-55-50(35-45)48-15-7-9-17-53(48)61-55/h1-36H. The van der Waals surface area contributed by atoms with Gasteiger partial charge in [-0.1, -0.05) is 182 Å². The third kappa shape index (κ3) is 6.25. The maximum Gasteiger partial charge on any atom is 0.160 e. The van der Waals surface area contributed by atoms with Crippen LogP contribution in [0.3, 0.4) is 0 Å². The average Bonchev–Trinajstić information content (AvgIpc) is 3.93. The Balaban J connectivity index is 0.910. The molecule has 0 amide bonds. The van der Waals surface area contributed by atoms with Crippen LogP contribution in [-0.2, 0) is 0 Å². The molecule has 62 heavy (non-hydrogen) atoms. The van der Waals surface area contributed by atoms with E-state index in [1.54, 1.807) is 0 Å². The summed E-state index contributed by atoms with van der Waals surface area (Å²) < 4.78 is 12.9. The van der Waals surface area contributed by atoms with Crippen LogP contribution in [0.2, 0.25) is 0 Å². The van der Waals surface area contributed by atoms with Gasteiger partial charge in [0.1, 0.15) is 22.3 Å². The van der Waals surface area contributed by atoms with Gasteiger partial charge in [0.15, 0.2) is 5.82 Å².